The highest BCUT2D eigenvalue weighted by Crippen LogP contribution is 2.22. The lowest BCUT2D eigenvalue weighted by atomic mass is 10.1. The number of carbonyl (C=O) groups is 1. The first-order valence-electron chi connectivity index (χ1n) is 6.71. The Morgan fingerprint density at radius 2 is 2.48 bits per heavy atom. The molecule has 2 aromatic rings. The predicted molar refractivity (Wildman–Crippen MR) is 79.8 cm³/mol. The summed E-state index contributed by atoms with van der Waals surface area (Å²) < 4.78 is 11.2. The van der Waals surface area contributed by atoms with Crippen molar-refractivity contribution in [1.29, 1.82) is 0 Å². The molecule has 1 fully saturated rings. The van der Waals surface area contributed by atoms with Crippen LogP contribution in [0.15, 0.2) is 29.0 Å². The summed E-state index contributed by atoms with van der Waals surface area (Å²) in [6, 6.07) is 3.47. The van der Waals surface area contributed by atoms with Crippen LogP contribution in [0.1, 0.15) is 21.9 Å². The molecule has 1 aliphatic heterocycles. The van der Waals surface area contributed by atoms with E-state index in [1.807, 2.05) is 0 Å². The van der Waals surface area contributed by atoms with E-state index < -0.39 is 0 Å². The minimum atomic E-state index is 0.00263. The molecule has 0 unspecified atom stereocenters. The van der Waals surface area contributed by atoms with Gasteiger partial charge in [0.15, 0.2) is 16.0 Å². The van der Waals surface area contributed by atoms with Crippen LogP contribution in [0.3, 0.4) is 0 Å². The summed E-state index contributed by atoms with van der Waals surface area (Å²) >= 11 is 7.33. The molecule has 3 heterocycles. The van der Waals surface area contributed by atoms with Crippen LogP contribution in [0.2, 0.25) is 4.47 Å². The number of ketones is 1. The first-order chi connectivity index (χ1) is 10.2. The predicted octanol–water partition coefficient (Wildman–Crippen LogP) is 2.86. The summed E-state index contributed by atoms with van der Waals surface area (Å²) in [7, 11) is 0. The van der Waals surface area contributed by atoms with Crippen molar-refractivity contribution in [3.63, 3.8) is 0 Å². The molecule has 0 bridgehead atoms. The van der Waals surface area contributed by atoms with Crippen LogP contribution in [0.4, 0.5) is 0 Å². The van der Waals surface area contributed by atoms with Crippen molar-refractivity contribution in [3.8, 4) is 0 Å². The fourth-order valence-electron chi connectivity index (χ4n) is 2.39. The number of carbonyl (C=O) groups excluding carboxylic acids is 1. The number of aromatic nitrogens is 1. The molecule has 7 heteroatoms. The number of morpholine rings is 1. The van der Waals surface area contributed by atoms with Gasteiger partial charge in [0.2, 0.25) is 0 Å². The Hall–Kier alpha value is -1.21. The molecule has 0 N–H and O–H groups in total. The molecule has 0 radical (unpaired) electrons. The standard InChI is InChI=1S/C14H15ClN2O3S/c15-14-16-7-11(21-14)8-17-3-5-19-9-10(17)6-12(18)13-2-1-4-20-13/h1-2,4,7,10H,3,5-6,8-9H2/t10-/m1/s1. The second kappa shape index (κ2) is 6.70. The van der Waals surface area contributed by atoms with Gasteiger partial charge in [-0.2, -0.15) is 0 Å². The first kappa shape index (κ1) is 14.7. The van der Waals surface area contributed by atoms with Crippen molar-refractivity contribution in [2.24, 2.45) is 0 Å². The maximum Gasteiger partial charge on any atom is 0.199 e. The van der Waals surface area contributed by atoms with Crippen LogP contribution in [0.25, 0.3) is 0 Å². The topological polar surface area (TPSA) is 55.6 Å². The number of furan rings is 1. The Bertz CT molecular complexity index is 599. The van der Waals surface area contributed by atoms with E-state index in [2.05, 4.69) is 9.88 Å². The van der Waals surface area contributed by atoms with Gasteiger partial charge in [0.05, 0.1) is 19.5 Å². The molecule has 21 heavy (non-hydrogen) atoms. The lowest BCUT2D eigenvalue weighted by Gasteiger charge is -2.34. The Morgan fingerprint density at radius 3 is 3.19 bits per heavy atom. The fourth-order valence-corrected chi connectivity index (χ4v) is 3.40. The molecule has 2 aromatic heterocycles. The molecule has 5 nitrogen and oxygen atoms in total. The fraction of sp³-hybridized carbons (Fsp3) is 0.429. The third-order valence-corrected chi connectivity index (χ3v) is 4.55. The van der Waals surface area contributed by atoms with Gasteiger partial charge in [-0.1, -0.05) is 11.6 Å². The molecular weight excluding hydrogens is 312 g/mol. The monoisotopic (exact) mass is 326 g/mol. The largest absolute Gasteiger partial charge is 0.461 e. The average molecular weight is 327 g/mol. The second-order valence-electron chi connectivity index (χ2n) is 4.88. The summed E-state index contributed by atoms with van der Waals surface area (Å²) in [5, 5.41) is 0. The quantitative estimate of drug-likeness (QED) is 0.791. The van der Waals surface area contributed by atoms with Crippen molar-refractivity contribution >= 4 is 28.7 Å². The van der Waals surface area contributed by atoms with E-state index in [0.29, 0.717) is 29.9 Å². The minimum absolute atomic E-state index is 0.00263. The maximum atomic E-state index is 12.2. The van der Waals surface area contributed by atoms with Gasteiger partial charge in [0.25, 0.3) is 0 Å². The number of rotatable bonds is 5. The normalized spacial score (nSPS) is 19.8. The first-order valence-corrected chi connectivity index (χ1v) is 7.90. The average Bonchev–Trinajstić information content (AvgIpc) is 3.13. The third kappa shape index (κ3) is 3.71. The number of halogens is 1. The Morgan fingerprint density at radius 1 is 1.57 bits per heavy atom. The van der Waals surface area contributed by atoms with E-state index in [0.717, 1.165) is 18.0 Å². The highest BCUT2D eigenvalue weighted by Gasteiger charge is 2.27. The van der Waals surface area contributed by atoms with Crippen molar-refractivity contribution in [1.82, 2.24) is 9.88 Å². The van der Waals surface area contributed by atoms with Gasteiger partial charge in [-0.05, 0) is 12.1 Å². The Balaban J connectivity index is 1.65. The highest BCUT2D eigenvalue weighted by molar-refractivity contribution is 7.15. The van der Waals surface area contributed by atoms with E-state index in [-0.39, 0.29) is 11.8 Å². The van der Waals surface area contributed by atoms with Crippen LogP contribution in [0.5, 0.6) is 0 Å². The number of nitrogens with zero attached hydrogens (tertiary/aromatic N) is 2. The summed E-state index contributed by atoms with van der Waals surface area (Å²) in [5.41, 5.74) is 0. The van der Waals surface area contributed by atoms with Gasteiger partial charge in [-0.25, -0.2) is 4.98 Å². The van der Waals surface area contributed by atoms with E-state index >= 15 is 0 Å². The summed E-state index contributed by atoms with van der Waals surface area (Å²) in [4.78, 5) is 19.6. The lowest BCUT2D eigenvalue weighted by Crippen LogP contribution is -2.45. The number of Topliss-reactive ketones (excluding diaryl/α,β-unsaturated/α-hetero) is 1. The highest BCUT2D eigenvalue weighted by atomic mass is 35.5. The molecular formula is C14H15ClN2O3S. The van der Waals surface area contributed by atoms with Crippen LogP contribution in [0, 0.1) is 0 Å². The molecule has 0 aromatic carbocycles. The smallest absolute Gasteiger partial charge is 0.199 e. The van der Waals surface area contributed by atoms with E-state index in [1.54, 1.807) is 18.3 Å². The molecule has 0 spiro atoms. The number of ether oxygens (including phenoxy) is 1. The molecule has 0 saturated carbocycles. The zero-order valence-electron chi connectivity index (χ0n) is 11.3. The lowest BCUT2D eigenvalue weighted by molar-refractivity contribution is -0.0124. The summed E-state index contributed by atoms with van der Waals surface area (Å²) in [6.07, 6.45) is 3.69. The Labute approximate surface area is 131 Å². The van der Waals surface area contributed by atoms with Crippen molar-refractivity contribution < 1.29 is 13.9 Å². The molecule has 0 amide bonds. The zero-order valence-corrected chi connectivity index (χ0v) is 12.9. The van der Waals surface area contributed by atoms with Crippen LogP contribution in [-0.2, 0) is 11.3 Å². The van der Waals surface area contributed by atoms with Gasteiger partial charge in [0.1, 0.15) is 0 Å². The SMILES string of the molecule is O=C(C[C@@H]1COCCN1Cc1cnc(Cl)s1)c1ccco1. The van der Waals surface area contributed by atoms with E-state index in [4.69, 9.17) is 20.8 Å². The van der Waals surface area contributed by atoms with Gasteiger partial charge < -0.3 is 9.15 Å². The molecule has 1 atom stereocenters. The molecule has 3 rings (SSSR count). The van der Waals surface area contributed by atoms with Gasteiger partial charge in [0, 0.05) is 36.6 Å². The van der Waals surface area contributed by atoms with Crippen LogP contribution in [-0.4, -0.2) is 41.5 Å². The molecule has 0 aliphatic carbocycles. The number of hydrogen-bond donors (Lipinski definition) is 0. The second-order valence-corrected chi connectivity index (χ2v) is 6.58. The van der Waals surface area contributed by atoms with Crippen molar-refractivity contribution in [2.75, 3.05) is 19.8 Å². The molecule has 112 valence electrons. The van der Waals surface area contributed by atoms with Gasteiger partial charge in [-0.3, -0.25) is 9.69 Å². The van der Waals surface area contributed by atoms with Gasteiger partial charge >= 0.3 is 0 Å². The van der Waals surface area contributed by atoms with E-state index in [9.17, 15) is 4.79 Å². The van der Waals surface area contributed by atoms with Crippen LogP contribution >= 0.6 is 22.9 Å². The number of thiazole rings is 1. The van der Waals surface area contributed by atoms with Crippen molar-refractivity contribution in [2.45, 2.75) is 19.0 Å². The molecule has 1 saturated heterocycles. The van der Waals surface area contributed by atoms with Gasteiger partial charge in [-0.15, -0.1) is 11.3 Å². The maximum absolute atomic E-state index is 12.2. The third-order valence-electron chi connectivity index (χ3n) is 3.45. The summed E-state index contributed by atoms with van der Waals surface area (Å²) in [6.45, 7) is 2.77. The Kier molecular flexibility index (Phi) is 4.70. The van der Waals surface area contributed by atoms with Crippen LogP contribution < -0.4 is 0 Å². The number of hydrogen-bond acceptors (Lipinski definition) is 6. The summed E-state index contributed by atoms with van der Waals surface area (Å²) in [5.74, 6) is 0.407. The van der Waals surface area contributed by atoms with Crippen molar-refractivity contribution in [3.05, 3.63) is 39.7 Å². The molecule has 1 aliphatic rings. The minimum Gasteiger partial charge on any atom is -0.461 e. The van der Waals surface area contributed by atoms with E-state index in [1.165, 1.54) is 17.6 Å². The zero-order chi connectivity index (χ0) is 14.7.